The maximum Gasteiger partial charge on any atom is 0.298 e. The molecule has 7 nitrogen and oxygen atoms in total. The number of rotatable bonds is 5. The van der Waals surface area contributed by atoms with Crippen LogP contribution in [0.1, 0.15) is 40.4 Å². The summed E-state index contributed by atoms with van der Waals surface area (Å²) in [6, 6.07) is 16.2. The van der Waals surface area contributed by atoms with E-state index in [0.29, 0.717) is 30.2 Å². The van der Waals surface area contributed by atoms with Crippen LogP contribution in [0.4, 0.5) is 5.82 Å². The van der Waals surface area contributed by atoms with Gasteiger partial charge in [0.2, 0.25) is 0 Å². The normalized spacial score (nSPS) is 18.4. The molecular weight excluding hydrogens is 402 g/mol. The van der Waals surface area contributed by atoms with Gasteiger partial charge in [-0.2, -0.15) is 0 Å². The van der Waals surface area contributed by atoms with Gasteiger partial charge >= 0.3 is 0 Å². The Balaban J connectivity index is 1.45. The van der Waals surface area contributed by atoms with E-state index in [1.807, 2.05) is 42.2 Å². The highest BCUT2D eigenvalue weighted by Crippen LogP contribution is 2.22. The van der Waals surface area contributed by atoms with Crippen molar-refractivity contribution >= 4 is 11.7 Å². The number of nitrogens with one attached hydrogen (secondary N) is 2. The Kier molecular flexibility index (Phi) is 5.49. The topological polar surface area (TPSA) is 79.3 Å². The standard InChI is InChI=1S/C25H27N5O2/c1-17-7-8-19(24(31)28-20-9-10-20)15-22(17)30-14-12-27-23(25(30)32)29-13-11-26-21(16-29)18-5-3-2-4-6-18/h2-8,12,14-15,20-21,26H,9-11,13,16H2,1H3,(H,28,31). The van der Waals surface area contributed by atoms with Crippen molar-refractivity contribution in [3.63, 3.8) is 0 Å². The maximum absolute atomic E-state index is 13.5. The van der Waals surface area contributed by atoms with Gasteiger partial charge in [-0.1, -0.05) is 36.4 Å². The van der Waals surface area contributed by atoms with Crippen LogP contribution in [0.5, 0.6) is 0 Å². The molecule has 2 fully saturated rings. The van der Waals surface area contributed by atoms with E-state index in [1.54, 1.807) is 23.0 Å². The average molecular weight is 430 g/mol. The highest BCUT2D eigenvalue weighted by atomic mass is 16.2. The highest BCUT2D eigenvalue weighted by molar-refractivity contribution is 5.95. The second kappa shape index (κ2) is 8.59. The fourth-order valence-corrected chi connectivity index (χ4v) is 4.17. The first-order valence-electron chi connectivity index (χ1n) is 11.1. The summed E-state index contributed by atoms with van der Waals surface area (Å²) in [6.07, 6.45) is 5.40. The summed E-state index contributed by atoms with van der Waals surface area (Å²) in [7, 11) is 0. The van der Waals surface area contributed by atoms with Crippen molar-refractivity contribution in [2.24, 2.45) is 0 Å². The summed E-state index contributed by atoms with van der Waals surface area (Å²) >= 11 is 0. The number of carbonyl (C=O) groups is 1. The van der Waals surface area contributed by atoms with Gasteiger partial charge in [-0.05, 0) is 43.0 Å². The smallest absolute Gasteiger partial charge is 0.298 e. The van der Waals surface area contributed by atoms with Crippen LogP contribution >= 0.6 is 0 Å². The molecule has 0 spiro atoms. The molecule has 0 radical (unpaired) electrons. The Morgan fingerprint density at radius 3 is 2.75 bits per heavy atom. The lowest BCUT2D eigenvalue weighted by atomic mass is 10.0. The van der Waals surface area contributed by atoms with Gasteiger partial charge in [-0.3, -0.25) is 14.2 Å². The summed E-state index contributed by atoms with van der Waals surface area (Å²) in [5.41, 5.74) is 3.21. The minimum atomic E-state index is -0.177. The third kappa shape index (κ3) is 4.16. The number of anilines is 1. The highest BCUT2D eigenvalue weighted by Gasteiger charge is 2.25. The molecule has 2 N–H and O–H groups in total. The molecule has 1 unspecified atom stereocenters. The molecule has 1 atom stereocenters. The number of carbonyl (C=O) groups excluding carboxylic acids is 1. The lowest BCUT2D eigenvalue weighted by Gasteiger charge is -2.34. The summed E-state index contributed by atoms with van der Waals surface area (Å²) in [6.45, 7) is 4.09. The van der Waals surface area contributed by atoms with Gasteiger partial charge in [0.25, 0.3) is 11.5 Å². The first kappa shape index (κ1) is 20.5. The van der Waals surface area contributed by atoms with E-state index in [4.69, 9.17) is 0 Å². The molecule has 5 rings (SSSR count). The van der Waals surface area contributed by atoms with Crippen LogP contribution < -0.4 is 21.1 Å². The van der Waals surface area contributed by atoms with Crippen LogP contribution in [0, 0.1) is 6.92 Å². The zero-order chi connectivity index (χ0) is 22.1. The molecule has 1 aliphatic carbocycles. The molecule has 7 heteroatoms. The lowest BCUT2D eigenvalue weighted by molar-refractivity contribution is 0.0951. The first-order chi connectivity index (χ1) is 15.6. The number of hydrogen-bond acceptors (Lipinski definition) is 5. The van der Waals surface area contributed by atoms with Crippen molar-refractivity contribution in [3.8, 4) is 5.69 Å². The predicted octanol–water partition coefficient (Wildman–Crippen LogP) is 2.58. The fourth-order valence-electron chi connectivity index (χ4n) is 4.17. The van der Waals surface area contributed by atoms with E-state index < -0.39 is 0 Å². The van der Waals surface area contributed by atoms with Crippen LogP contribution in [0.15, 0.2) is 65.7 Å². The van der Waals surface area contributed by atoms with Crippen LogP contribution in [0.25, 0.3) is 5.69 Å². The quantitative estimate of drug-likeness (QED) is 0.652. The largest absolute Gasteiger partial charge is 0.349 e. The van der Waals surface area contributed by atoms with Gasteiger partial charge in [-0.15, -0.1) is 0 Å². The van der Waals surface area contributed by atoms with Gasteiger partial charge in [0, 0.05) is 49.7 Å². The third-order valence-electron chi connectivity index (χ3n) is 6.14. The fraction of sp³-hybridized carbons (Fsp3) is 0.320. The molecule has 164 valence electrons. The van der Waals surface area contributed by atoms with Crippen LogP contribution in [0.3, 0.4) is 0 Å². The number of nitrogens with zero attached hydrogens (tertiary/aromatic N) is 3. The molecule has 0 bridgehead atoms. The molecule has 1 saturated heterocycles. The predicted molar refractivity (Wildman–Crippen MR) is 124 cm³/mol. The van der Waals surface area contributed by atoms with Crippen LogP contribution in [-0.4, -0.2) is 41.1 Å². The molecular formula is C25H27N5O2. The van der Waals surface area contributed by atoms with E-state index in [0.717, 1.165) is 24.9 Å². The van der Waals surface area contributed by atoms with Gasteiger partial charge in [0.05, 0.1) is 5.69 Å². The molecule has 1 amide bonds. The van der Waals surface area contributed by atoms with E-state index in [9.17, 15) is 9.59 Å². The Labute approximate surface area is 187 Å². The Bertz CT molecular complexity index is 1190. The van der Waals surface area contributed by atoms with Gasteiger partial charge in [-0.25, -0.2) is 4.98 Å². The zero-order valence-corrected chi connectivity index (χ0v) is 18.1. The second-order valence-corrected chi connectivity index (χ2v) is 8.54. The average Bonchev–Trinajstić information content (AvgIpc) is 3.64. The second-order valence-electron chi connectivity index (χ2n) is 8.54. The van der Waals surface area contributed by atoms with E-state index >= 15 is 0 Å². The molecule has 2 aromatic carbocycles. The molecule has 1 aliphatic heterocycles. The zero-order valence-electron chi connectivity index (χ0n) is 18.1. The van der Waals surface area contributed by atoms with Crippen molar-refractivity contribution in [2.45, 2.75) is 31.8 Å². The van der Waals surface area contributed by atoms with E-state index in [1.165, 1.54) is 5.56 Å². The number of piperazine rings is 1. The minimum Gasteiger partial charge on any atom is -0.349 e. The van der Waals surface area contributed by atoms with Crippen molar-refractivity contribution in [1.82, 2.24) is 20.2 Å². The first-order valence-corrected chi connectivity index (χ1v) is 11.1. The molecule has 2 aliphatic rings. The van der Waals surface area contributed by atoms with Crippen molar-refractivity contribution < 1.29 is 4.79 Å². The molecule has 2 heterocycles. The summed E-state index contributed by atoms with van der Waals surface area (Å²) < 4.78 is 1.60. The van der Waals surface area contributed by atoms with Crippen LogP contribution in [0.2, 0.25) is 0 Å². The SMILES string of the molecule is Cc1ccc(C(=O)NC2CC2)cc1-n1ccnc(N2CCNC(c3ccccc3)C2)c1=O. The van der Waals surface area contributed by atoms with Crippen LogP contribution in [-0.2, 0) is 0 Å². The van der Waals surface area contributed by atoms with Crippen molar-refractivity contribution in [1.29, 1.82) is 0 Å². The van der Waals surface area contributed by atoms with Gasteiger partial charge in [0.1, 0.15) is 0 Å². The van der Waals surface area contributed by atoms with E-state index in [-0.39, 0.29) is 23.6 Å². The monoisotopic (exact) mass is 429 g/mol. The minimum absolute atomic E-state index is 0.0936. The number of amides is 1. The van der Waals surface area contributed by atoms with Gasteiger partial charge < -0.3 is 15.5 Å². The molecule has 32 heavy (non-hydrogen) atoms. The van der Waals surface area contributed by atoms with Gasteiger partial charge in [0.15, 0.2) is 5.82 Å². The Hall–Kier alpha value is -3.45. The molecule has 1 aromatic heterocycles. The lowest BCUT2D eigenvalue weighted by Crippen LogP contribution is -2.48. The number of aryl methyl sites for hydroxylation is 1. The summed E-state index contributed by atoms with van der Waals surface area (Å²) in [5.74, 6) is 0.339. The number of hydrogen-bond donors (Lipinski definition) is 2. The van der Waals surface area contributed by atoms with E-state index in [2.05, 4.69) is 27.8 Å². The Morgan fingerprint density at radius 2 is 1.97 bits per heavy atom. The Morgan fingerprint density at radius 1 is 1.16 bits per heavy atom. The summed E-state index contributed by atoms with van der Waals surface area (Å²) in [4.78, 5) is 32.5. The van der Waals surface area contributed by atoms with Crippen molar-refractivity contribution in [3.05, 3.63) is 88.0 Å². The third-order valence-corrected chi connectivity index (χ3v) is 6.14. The molecule has 3 aromatic rings. The maximum atomic E-state index is 13.5. The van der Waals surface area contributed by atoms with Crippen molar-refractivity contribution in [2.75, 3.05) is 24.5 Å². The molecule has 1 saturated carbocycles. The number of benzene rings is 2. The summed E-state index contributed by atoms with van der Waals surface area (Å²) in [5, 5.41) is 6.54. The number of aromatic nitrogens is 2.